The molecule has 1 aliphatic carbocycles. The van der Waals surface area contributed by atoms with Crippen molar-refractivity contribution in [1.29, 1.82) is 0 Å². The van der Waals surface area contributed by atoms with Gasteiger partial charge in [-0.25, -0.2) is 15.0 Å². The fourth-order valence-corrected chi connectivity index (χ4v) is 17.5. The van der Waals surface area contributed by atoms with Crippen LogP contribution in [0.4, 0.5) is 0 Å². The molecule has 2 atom stereocenters. The van der Waals surface area contributed by atoms with Crippen molar-refractivity contribution in [2.75, 3.05) is 0 Å². The molecule has 0 fully saturated rings. The zero-order chi connectivity index (χ0) is 54.7. The van der Waals surface area contributed by atoms with Gasteiger partial charge in [-0.1, -0.05) is 133 Å². The molecule has 0 N–H and O–H groups in total. The van der Waals surface area contributed by atoms with Crippen molar-refractivity contribution >= 4 is 140 Å². The normalized spacial score (nSPS) is 15.0. The van der Waals surface area contributed by atoms with E-state index in [2.05, 4.69) is 269 Å². The van der Waals surface area contributed by atoms with Gasteiger partial charge in [-0.3, -0.25) is 0 Å². The minimum absolute atomic E-state index is 0.310. The molecule has 0 spiro atoms. The van der Waals surface area contributed by atoms with Gasteiger partial charge in [-0.2, -0.15) is 0 Å². The van der Waals surface area contributed by atoms with Crippen molar-refractivity contribution in [2.45, 2.75) is 16.1 Å². The van der Waals surface area contributed by atoms with Crippen LogP contribution in [-0.2, 0) is 0 Å². The summed E-state index contributed by atoms with van der Waals surface area (Å²) in [6.45, 7) is 0. The van der Waals surface area contributed by atoms with Gasteiger partial charge in [-0.15, -0.1) is 34.4 Å². The summed E-state index contributed by atoms with van der Waals surface area (Å²) in [5.41, 5.74) is 14.6. The number of para-hydroxylation sites is 3. The highest BCUT2D eigenvalue weighted by Crippen LogP contribution is 2.53. The summed E-state index contributed by atoms with van der Waals surface area (Å²) < 4.78 is 12.5. The molecular formula is C75H44N6S3. The number of allylic oxidation sites excluding steroid dienone is 3. The van der Waals surface area contributed by atoms with Crippen molar-refractivity contribution in [3.05, 3.63) is 260 Å². The third kappa shape index (κ3) is 6.71. The number of nitrogens with zero attached hydrogens (tertiary/aromatic N) is 6. The minimum Gasteiger partial charge on any atom is -0.309 e. The molecule has 9 heteroatoms. The highest BCUT2D eigenvalue weighted by molar-refractivity contribution is 8.00. The number of benzene rings is 11. The Bertz CT molecular complexity index is 5470. The lowest BCUT2D eigenvalue weighted by atomic mass is 9.91. The van der Waals surface area contributed by atoms with Gasteiger partial charge in [0.05, 0.1) is 33.1 Å². The third-order valence-corrected chi connectivity index (χ3v) is 21.3. The average Bonchev–Trinajstić information content (AvgIpc) is 2.53. The lowest BCUT2D eigenvalue weighted by Crippen LogP contribution is -2.08. The number of thiophene rings is 2. The summed E-state index contributed by atoms with van der Waals surface area (Å²) in [5, 5.41) is 13.0. The fraction of sp³-hybridized carbons (Fsp3) is 0.0267. The highest BCUT2D eigenvalue weighted by Gasteiger charge is 2.35. The Kier molecular flexibility index (Phi) is 9.89. The second kappa shape index (κ2) is 17.8. The lowest BCUT2D eigenvalue weighted by molar-refractivity contribution is 0.883. The minimum atomic E-state index is 0.310. The summed E-state index contributed by atoms with van der Waals surface area (Å²) in [5.74, 6) is 2.14. The maximum atomic E-state index is 5.37. The molecule has 84 heavy (non-hydrogen) atoms. The van der Waals surface area contributed by atoms with Crippen LogP contribution in [0.1, 0.15) is 11.5 Å². The van der Waals surface area contributed by atoms with E-state index in [1.807, 2.05) is 34.4 Å². The van der Waals surface area contributed by atoms with Crippen LogP contribution in [0.2, 0.25) is 0 Å². The summed E-state index contributed by atoms with van der Waals surface area (Å²) >= 11 is 5.69. The molecule has 0 bridgehead atoms. The van der Waals surface area contributed by atoms with Gasteiger partial charge in [0.2, 0.25) is 0 Å². The van der Waals surface area contributed by atoms with E-state index in [1.54, 1.807) is 0 Å². The van der Waals surface area contributed by atoms with Crippen molar-refractivity contribution in [1.82, 2.24) is 28.7 Å². The zero-order valence-corrected chi connectivity index (χ0v) is 47.3. The Hall–Kier alpha value is -9.90. The first-order valence-electron chi connectivity index (χ1n) is 28.5. The Morgan fingerprint density at radius 3 is 1.15 bits per heavy atom. The highest BCUT2D eigenvalue weighted by atomic mass is 32.2. The molecule has 0 radical (unpaired) electrons. The first-order valence-corrected chi connectivity index (χ1v) is 31.0. The Labute approximate surface area is 493 Å². The van der Waals surface area contributed by atoms with Crippen molar-refractivity contribution < 1.29 is 0 Å². The van der Waals surface area contributed by atoms with Gasteiger partial charge in [-0.05, 0) is 127 Å². The summed E-state index contributed by atoms with van der Waals surface area (Å²) in [7, 11) is 0. The van der Waals surface area contributed by atoms with E-state index in [9.17, 15) is 0 Å². The molecule has 7 heterocycles. The van der Waals surface area contributed by atoms with Crippen LogP contribution in [0.25, 0.3) is 157 Å². The molecular weight excluding hydrogens is 1080 g/mol. The molecule has 17 aromatic rings. The first-order chi connectivity index (χ1) is 41.6. The van der Waals surface area contributed by atoms with Crippen LogP contribution in [0.5, 0.6) is 0 Å². The summed E-state index contributed by atoms with van der Waals surface area (Å²) in [4.78, 5) is 17.4. The maximum Gasteiger partial charge on any atom is 0.164 e. The Balaban J connectivity index is 0.771. The number of thioether (sulfide) groups is 1. The molecule has 392 valence electrons. The number of fused-ring (bicyclic) bond motifs is 21. The molecule has 6 aromatic heterocycles. The number of aromatic nitrogens is 6. The second-order valence-corrected chi connectivity index (χ2v) is 25.5. The number of hydrogen-bond acceptors (Lipinski definition) is 6. The monoisotopic (exact) mass is 1120 g/mol. The number of rotatable bonds is 6. The van der Waals surface area contributed by atoms with Gasteiger partial charge in [0.15, 0.2) is 17.5 Å². The van der Waals surface area contributed by atoms with E-state index in [4.69, 9.17) is 15.0 Å². The van der Waals surface area contributed by atoms with Crippen LogP contribution < -0.4 is 0 Å². The van der Waals surface area contributed by atoms with Crippen LogP contribution in [-0.4, -0.2) is 33.9 Å². The molecule has 2 unspecified atom stereocenters. The summed E-state index contributed by atoms with van der Waals surface area (Å²) in [6, 6.07) is 84.3. The standard InChI is InChI=1S/C75H44N6S3/c1-7-19-58-49(13-1)52-37-40-64-67(55-16-4-10-22-61(55)82-64)70(52)79(58)46-31-25-43(26-32-46)73-76-74(44-27-33-47(34-28-44)80-59-20-8-2-14-50(59)53-38-41-65-68(71(53)80)56-17-5-11-23-62(56)83-65)78-75(77-73)45-29-35-48(36-30-45)81-60-21-9-3-15-51(60)54-39-42-66-69(72(54)81)57-18-6-12-24-63(57)84-66/h1-42,55,61H. The van der Waals surface area contributed by atoms with E-state index < -0.39 is 0 Å². The zero-order valence-electron chi connectivity index (χ0n) is 44.8. The van der Waals surface area contributed by atoms with Crippen LogP contribution in [0, 0.1) is 0 Å². The van der Waals surface area contributed by atoms with Crippen LogP contribution >= 0.6 is 34.4 Å². The Morgan fingerprint density at radius 1 is 0.310 bits per heavy atom. The van der Waals surface area contributed by atoms with Gasteiger partial charge in [0.25, 0.3) is 0 Å². The smallest absolute Gasteiger partial charge is 0.164 e. The Morgan fingerprint density at radius 2 is 0.690 bits per heavy atom. The van der Waals surface area contributed by atoms with Crippen molar-refractivity contribution in [2.24, 2.45) is 0 Å². The molecule has 6 nitrogen and oxygen atoms in total. The van der Waals surface area contributed by atoms with Crippen molar-refractivity contribution in [3.8, 4) is 51.2 Å². The second-order valence-electron chi connectivity index (χ2n) is 22.1. The SMILES string of the molecule is C1=CC2Sc3ccc4c5ccccc5n(-c5ccc(-c6nc(-c7ccc(-n8c9ccccc9c9ccc%10sc%11ccccc%11c%10c98)cc7)nc(-c7ccc(-n8c9ccccc9c9ccc%10sc%11ccccc%11c%10c98)cc7)n6)cc5)c4c3C2C=C1. The van der Waals surface area contributed by atoms with E-state index in [-0.39, 0.29) is 0 Å². The quantitative estimate of drug-likeness (QED) is 0.166. The van der Waals surface area contributed by atoms with Crippen molar-refractivity contribution in [3.63, 3.8) is 0 Å². The largest absolute Gasteiger partial charge is 0.309 e. The van der Waals surface area contributed by atoms with Crippen LogP contribution in [0.3, 0.4) is 0 Å². The van der Waals surface area contributed by atoms with Gasteiger partial charge in [0, 0.05) is 122 Å². The van der Waals surface area contributed by atoms with Gasteiger partial charge >= 0.3 is 0 Å². The average molecular weight is 1130 g/mol. The van der Waals surface area contributed by atoms with E-state index in [1.165, 1.54) is 116 Å². The molecule has 0 saturated heterocycles. The van der Waals surface area contributed by atoms with Gasteiger partial charge < -0.3 is 13.7 Å². The molecule has 0 amide bonds. The van der Waals surface area contributed by atoms with E-state index >= 15 is 0 Å². The van der Waals surface area contributed by atoms with E-state index in [0.29, 0.717) is 28.6 Å². The predicted molar refractivity (Wildman–Crippen MR) is 356 cm³/mol. The molecule has 1 aliphatic heterocycles. The van der Waals surface area contributed by atoms with Crippen LogP contribution in [0.15, 0.2) is 260 Å². The molecule has 2 aliphatic rings. The first kappa shape index (κ1) is 46.7. The fourth-order valence-electron chi connectivity index (χ4n) is 14.0. The number of hydrogen-bond donors (Lipinski definition) is 0. The lowest BCUT2D eigenvalue weighted by Gasteiger charge is -2.17. The van der Waals surface area contributed by atoms with E-state index in [0.717, 1.165) is 33.8 Å². The molecule has 19 rings (SSSR count). The predicted octanol–water partition coefficient (Wildman–Crippen LogP) is 20.6. The molecule has 0 saturated carbocycles. The third-order valence-electron chi connectivity index (χ3n) is 17.7. The topological polar surface area (TPSA) is 53.5 Å². The van der Waals surface area contributed by atoms with Gasteiger partial charge in [0.1, 0.15) is 0 Å². The molecule has 11 aromatic carbocycles. The summed E-state index contributed by atoms with van der Waals surface area (Å²) in [6.07, 6.45) is 9.14. The maximum absolute atomic E-state index is 5.37.